The van der Waals surface area contributed by atoms with E-state index in [4.69, 9.17) is 0 Å². The number of hydrogen-bond donors (Lipinski definition) is 2. The van der Waals surface area contributed by atoms with Crippen LogP contribution in [0.4, 0.5) is 0 Å². The molecule has 104 valence electrons. The average Bonchev–Trinajstić information content (AvgIpc) is 2.66. The quantitative estimate of drug-likeness (QED) is 0.788. The van der Waals surface area contributed by atoms with Gasteiger partial charge in [0.05, 0.1) is 0 Å². The van der Waals surface area contributed by atoms with Gasteiger partial charge in [-0.25, -0.2) is 0 Å². The third-order valence-corrected chi connectivity index (χ3v) is 4.35. The smallest absolute Gasteiger partial charge is 0.216 e. The molecule has 0 aromatic heterocycles. The van der Waals surface area contributed by atoms with Crippen molar-refractivity contribution in [2.45, 2.75) is 45.1 Å². The van der Waals surface area contributed by atoms with Crippen LogP contribution in [0.5, 0.6) is 0 Å². The summed E-state index contributed by atoms with van der Waals surface area (Å²) >= 11 is 0. The van der Waals surface area contributed by atoms with Gasteiger partial charge in [-0.1, -0.05) is 0 Å². The fraction of sp³-hybridized carbons (Fsp3) is 0.929. The van der Waals surface area contributed by atoms with Crippen LogP contribution in [0, 0.1) is 5.92 Å². The van der Waals surface area contributed by atoms with E-state index in [9.17, 15) is 4.79 Å². The van der Waals surface area contributed by atoms with Crippen LogP contribution in [-0.4, -0.2) is 49.6 Å². The van der Waals surface area contributed by atoms with Crippen molar-refractivity contribution in [3.63, 3.8) is 0 Å². The van der Waals surface area contributed by atoms with Gasteiger partial charge in [0.2, 0.25) is 5.91 Å². The second kappa shape index (κ2) is 7.10. The molecule has 2 aliphatic heterocycles. The van der Waals surface area contributed by atoms with Gasteiger partial charge in [-0.05, 0) is 64.2 Å². The molecule has 2 fully saturated rings. The Balaban J connectivity index is 1.70. The molecule has 2 N–H and O–H groups in total. The number of nitrogens with one attached hydrogen (secondary N) is 2. The molecule has 0 aromatic rings. The molecular weight excluding hydrogens is 226 g/mol. The average molecular weight is 253 g/mol. The SMILES string of the molecule is CC(=O)NCC1CCN(C2CCCNCC2)CC1. The van der Waals surface area contributed by atoms with Gasteiger partial charge in [-0.3, -0.25) is 4.79 Å². The maximum absolute atomic E-state index is 10.9. The van der Waals surface area contributed by atoms with E-state index in [2.05, 4.69) is 15.5 Å². The maximum atomic E-state index is 10.9. The lowest BCUT2D eigenvalue weighted by atomic mass is 9.94. The number of rotatable bonds is 3. The van der Waals surface area contributed by atoms with Crippen LogP contribution in [0.2, 0.25) is 0 Å². The van der Waals surface area contributed by atoms with E-state index in [1.54, 1.807) is 6.92 Å². The fourth-order valence-electron chi connectivity index (χ4n) is 3.18. The van der Waals surface area contributed by atoms with Crippen molar-refractivity contribution in [2.24, 2.45) is 5.92 Å². The Labute approximate surface area is 110 Å². The highest BCUT2D eigenvalue weighted by atomic mass is 16.1. The van der Waals surface area contributed by atoms with Crippen LogP contribution < -0.4 is 10.6 Å². The van der Waals surface area contributed by atoms with E-state index in [1.807, 2.05) is 0 Å². The Bertz CT molecular complexity index is 254. The van der Waals surface area contributed by atoms with E-state index in [0.29, 0.717) is 5.92 Å². The van der Waals surface area contributed by atoms with Gasteiger partial charge in [0.25, 0.3) is 0 Å². The second-order valence-corrected chi connectivity index (χ2v) is 5.75. The zero-order valence-electron chi connectivity index (χ0n) is 11.6. The standard InChI is InChI=1S/C14H27N3O/c1-12(18)16-11-13-5-9-17(10-6-13)14-3-2-7-15-8-4-14/h13-15H,2-11H2,1H3,(H,16,18). The predicted octanol–water partition coefficient (Wildman–Crippen LogP) is 0.977. The highest BCUT2D eigenvalue weighted by Crippen LogP contribution is 2.22. The molecule has 18 heavy (non-hydrogen) atoms. The largest absolute Gasteiger partial charge is 0.356 e. The zero-order valence-corrected chi connectivity index (χ0v) is 11.6. The van der Waals surface area contributed by atoms with Crippen LogP contribution in [0.15, 0.2) is 0 Å². The fourth-order valence-corrected chi connectivity index (χ4v) is 3.18. The summed E-state index contributed by atoms with van der Waals surface area (Å²) < 4.78 is 0. The van der Waals surface area contributed by atoms with Crippen molar-refractivity contribution in [1.82, 2.24) is 15.5 Å². The van der Waals surface area contributed by atoms with Gasteiger partial charge in [0.1, 0.15) is 0 Å². The lowest BCUT2D eigenvalue weighted by molar-refractivity contribution is -0.119. The first-order valence-electron chi connectivity index (χ1n) is 7.45. The summed E-state index contributed by atoms with van der Waals surface area (Å²) in [6, 6.07) is 0.793. The van der Waals surface area contributed by atoms with E-state index in [0.717, 1.165) is 12.6 Å². The monoisotopic (exact) mass is 253 g/mol. The molecule has 4 nitrogen and oxygen atoms in total. The number of hydrogen-bond acceptors (Lipinski definition) is 3. The van der Waals surface area contributed by atoms with E-state index < -0.39 is 0 Å². The lowest BCUT2D eigenvalue weighted by Crippen LogP contribution is -2.43. The minimum Gasteiger partial charge on any atom is -0.356 e. The Hall–Kier alpha value is -0.610. The van der Waals surface area contributed by atoms with Gasteiger partial charge >= 0.3 is 0 Å². The molecule has 0 bridgehead atoms. The summed E-state index contributed by atoms with van der Waals surface area (Å²) in [6.45, 7) is 7.28. The van der Waals surface area contributed by atoms with Crippen LogP contribution in [0.3, 0.4) is 0 Å². The Kier molecular flexibility index (Phi) is 5.45. The maximum Gasteiger partial charge on any atom is 0.216 e. The molecule has 2 rings (SSSR count). The van der Waals surface area contributed by atoms with Crippen molar-refractivity contribution in [3.8, 4) is 0 Å². The third-order valence-electron chi connectivity index (χ3n) is 4.35. The predicted molar refractivity (Wildman–Crippen MR) is 73.5 cm³/mol. The zero-order chi connectivity index (χ0) is 12.8. The molecule has 4 heteroatoms. The normalized spacial score (nSPS) is 27.7. The van der Waals surface area contributed by atoms with E-state index >= 15 is 0 Å². The first-order valence-corrected chi connectivity index (χ1v) is 7.45. The van der Waals surface area contributed by atoms with Gasteiger partial charge in [-0.2, -0.15) is 0 Å². The van der Waals surface area contributed by atoms with Crippen LogP contribution in [0.1, 0.15) is 39.0 Å². The van der Waals surface area contributed by atoms with E-state index in [-0.39, 0.29) is 5.91 Å². The molecule has 1 atom stereocenters. The molecule has 2 saturated heterocycles. The first-order chi connectivity index (χ1) is 8.75. The van der Waals surface area contributed by atoms with Crippen molar-refractivity contribution in [2.75, 3.05) is 32.7 Å². The molecule has 2 heterocycles. The van der Waals surface area contributed by atoms with Gasteiger partial charge in [0.15, 0.2) is 0 Å². The van der Waals surface area contributed by atoms with Gasteiger partial charge < -0.3 is 15.5 Å². The third kappa shape index (κ3) is 4.25. The number of carbonyl (C=O) groups excluding carboxylic acids is 1. The first kappa shape index (κ1) is 13.8. The van der Waals surface area contributed by atoms with Gasteiger partial charge in [0, 0.05) is 19.5 Å². The summed E-state index contributed by atoms with van der Waals surface area (Å²) in [6.07, 6.45) is 6.45. The number of likely N-dealkylation sites (tertiary alicyclic amines) is 1. The molecule has 0 aliphatic carbocycles. The van der Waals surface area contributed by atoms with E-state index in [1.165, 1.54) is 58.3 Å². The highest BCUT2D eigenvalue weighted by molar-refractivity contribution is 5.72. The summed E-state index contributed by atoms with van der Waals surface area (Å²) in [4.78, 5) is 13.6. The highest BCUT2D eigenvalue weighted by Gasteiger charge is 2.25. The molecule has 1 unspecified atom stereocenters. The minimum absolute atomic E-state index is 0.104. The molecule has 2 aliphatic rings. The van der Waals surface area contributed by atoms with Crippen molar-refractivity contribution in [3.05, 3.63) is 0 Å². The summed E-state index contributed by atoms with van der Waals surface area (Å²) in [5.41, 5.74) is 0. The number of carbonyl (C=O) groups is 1. The molecule has 0 radical (unpaired) electrons. The Morgan fingerprint density at radius 1 is 1.22 bits per heavy atom. The van der Waals surface area contributed by atoms with Crippen LogP contribution in [0.25, 0.3) is 0 Å². The molecule has 1 amide bonds. The second-order valence-electron chi connectivity index (χ2n) is 5.75. The molecule has 0 aromatic carbocycles. The van der Waals surface area contributed by atoms with Gasteiger partial charge in [-0.15, -0.1) is 0 Å². The minimum atomic E-state index is 0.104. The molecule has 0 spiro atoms. The topological polar surface area (TPSA) is 44.4 Å². The van der Waals surface area contributed by atoms with Crippen LogP contribution in [-0.2, 0) is 4.79 Å². The molecular formula is C14H27N3O. The number of amides is 1. The van der Waals surface area contributed by atoms with Crippen molar-refractivity contribution < 1.29 is 4.79 Å². The summed E-state index contributed by atoms with van der Waals surface area (Å²) in [5, 5.41) is 6.44. The Morgan fingerprint density at radius 3 is 2.72 bits per heavy atom. The summed E-state index contributed by atoms with van der Waals surface area (Å²) in [5.74, 6) is 0.793. The Morgan fingerprint density at radius 2 is 2.00 bits per heavy atom. The lowest BCUT2D eigenvalue weighted by Gasteiger charge is -2.37. The molecule has 0 saturated carbocycles. The number of piperidine rings is 1. The summed E-state index contributed by atoms with van der Waals surface area (Å²) in [7, 11) is 0. The van der Waals surface area contributed by atoms with Crippen LogP contribution >= 0.6 is 0 Å². The number of nitrogens with zero attached hydrogens (tertiary/aromatic N) is 1. The van der Waals surface area contributed by atoms with Crippen molar-refractivity contribution >= 4 is 5.91 Å². The van der Waals surface area contributed by atoms with Crippen molar-refractivity contribution in [1.29, 1.82) is 0 Å².